The van der Waals surface area contributed by atoms with Crippen LogP contribution in [-0.2, 0) is 11.2 Å². The smallest absolute Gasteiger partial charge is 0.344 e. The molecule has 0 saturated heterocycles. The lowest BCUT2D eigenvalue weighted by Crippen LogP contribution is -1.99. The Balaban J connectivity index is 2.00. The number of cyclic esters (lactones) is 1. The molecular formula is C24H28O6. The zero-order valence-corrected chi connectivity index (χ0v) is 17.7. The summed E-state index contributed by atoms with van der Waals surface area (Å²) in [5.74, 6) is 0.837. The van der Waals surface area contributed by atoms with Crippen molar-refractivity contribution in [3.8, 4) is 28.7 Å². The summed E-state index contributed by atoms with van der Waals surface area (Å²) >= 11 is 0. The van der Waals surface area contributed by atoms with E-state index in [1.54, 1.807) is 18.2 Å². The molecule has 0 saturated carbocycles. The number of fused-ring (bicyclic) bond motifs is 1. The Morgan fingerprint density at radius 1 is 1.00 bits per heavy atom. The number of unbranched alkanes of at least 4 members (excludes halogenated alkanes) is 3. The highest BCUT2D eigenvalue weighted by atomic mass is 16.5. The highest BCUT2D eigenvalue weighted by Gasteiger charge is 2.29. The average molecular weight is 412 g/mol. The van der Waals surface area contributed by atoms with Crippen molar-refractivity contribution in [1.82, 2.24) is 0 Å². The fourth-order valence-corrected chi connectivity index (χ4v) is 3.44. The number of hydrogen-bond donors (Lipinski definition) is 2. The van der Waals surface area contributed by atoms with E-state index < -0.39 is 5.97 Å². The van der Waals surface area contributed by atoms with Crippen molar-refractivity contribution < 1.29 is 29.2 Å². The van der Waals surface area contributed by atoms with Crippen LogP contribution in [0.4, 0.5) is 0 Å². The molecule has 160 valence electrons. The van der Waals surface area contributed by atoms with Crippen LogP contribution in [0.1, 0.15) is 67.4 Å². The number of ether oxygens (including phenoxy) is 3. The molecule has 0 aliphatic carbocycles. The number of hydrogen-bond acceptors (Lipinski definition) is 6. The quantitative estimate of drug-likeness (QED) is 0.391. The van der Waals surface area contributed by atoms with Crippen LogP contribution in [0.3, 0.4) is 0 Å². The van der Waals surface area contributed by atoms with Gasteiger partial charge in [0, 0.05) is 17.2 Å². The van der Waals surface area contributed by atoms with Crippen molar-refractivity contribution in [1.29, 1.82) is 0 Å². The Bertz CT molecular complexity index is 961. The third kappa shape index (κ3) is 4.53. The molecule has 1 aliphatic rings. The Morgan fingerprint density at radius 2 is 1.77 bits per heavy atom. The number of aromatic hydroxyl groups is 2. The van der Waals surface area contributed by atoms with E-state index in [0.29, 0.717) is 40.4 Å². The maximum atomic E-state index is 12.4. The Morgan fingerprint density at radius 3 is 2.47 bits per heavy atom. The largest absolute Gasteiger partial charge is 0.508 e. The predicted octanol–water partition coefficient (Wildman–Crippen LogP) is 5.94. The zero-order chi connectivity index (χ0) is 21.7. The molecule has 6 nitrogen and oxygen atoms in total. The van der Waals surface area contributed by atoms with E-state index in [4.69, 9.17) is 14.2 Å². The van der Waals surface area contributed by atoms with E-state index in [0.717, 1.165) is 32.1 Å². The topological polar surface area (TPSA) is 85.2 Å². The van der Waals surface area contributed by atoms with E-state index in [2.05, 4.69) is 13.8 Å². The summed E-state index contributed by atoms with van der Waals surface area (Å²) in [6.45, 7) is 4.16. The maximum absolute atomic E-state index is 12.4. The first-order valence-electron chi connectivity index (χ1n) is 10.4. The van der Waals surface area contributed by atoms with Gasteiger partial charge in [-0.25, -0.2) is 4.79 Å². The number of phenols is 2. The van der Waals surface area contributed by atoms with Gasteiger partial charge in [0.1, 0.15) is 11.5 Å². The minimum absolute atomic E-state index is 0.0263. The molecule has 1 heterocycles. The summed E-state index contributed by atoms with van der Waals surface area (Å²) in [7, 11) is 1.51. The minimum Gasteiger partial charge on any atom is -0.508 e. The molecule has 0 atom stereocenters. The van der Waals surface area contributed by atoms with Gasteiger partial charge in [-0.05, 0) is 43.5 Å². The second-order valence-corrected chi connectivity index (χ2v) is 7.31. The third-order valence-corrected chi connectivity index (χ3v) is 5.00. The summed E-state index contributed by atoms with van der Waals surface area (Å²) in [5, 5.41) is 20.3. The van der Waals surface area contributed by atoms with Gasteiger partial charge >= 0.3 is 5.97 Å². The van der Waals surface area contributed by atoms with Crippen LogP contribution in [0.25, 0.3) is 5.76 Å². The van der Waals surface area contributed by atoms with Crippen molar-refractivity contribution in [3.63, 3.8) is 0 Å². The first kappa shape index (κ1) is 21.6. The molecule has 2 aromatic rings. The van der Waals surface area contributed by atoms with E-state index in [1.165, 1.54) is 13.2 Å². The lowest BCUT2D eigenvalue weighted by atomic mass is 10.0. The number of methoxy groups -OCH3 is 1. The van der Waals surface area contributed by atoms with Crippen molar-refractivity contribution in [2.45, 2.75) is 52.4 Å². The predicted molar refractivity (Wildman–Crippen MR) is 114 cm³/mol. The number of benzene rings is 2. The molecule has 0 unspecified atom stereocenters. The molecule has 0 amide bonds. The molecule has 0 bridgehead atoms. The van der Waals surface area contributed by atoms with E-state index in [9.17, 15) is 15.0 Å². The molecule has 3 rings (SSSR count). The molecule has 2 N–H and O–H groups in total. The Kier molecular flexibility index (Phi) is 6.87. The Hall–Kier alpha value is -3.15. The first-order chi connectivity index (χ1) is 14.5. The highest BCUT2D eigenvalue weighted by molar-refractivity contribution is 6.03. The van der Waals surface area contributed by atoms with Crippen LogP contribution in [0.15, 0.2) is 30.3 Å². The standard InChI is InChI=1S/C24H28O6/c1-4-6-8-9-15-11-16(25)12-19(26)23(15)29-22-14-18-17(13-21(22)28-3)20(10-7-5-2)30-24(18)27/h10-14,25-26H,4-9H2,1-3H3/b20-10-. The molecule has 0 fully saturated rings. The number of carbonyl (C=O) groups excluding carboxylic acids is 1. The monoisotopic (exact) mass is 412 g/mol. The SMILES string of the molecule is CCC/C=C1\OC(=O)c2cc(Oc3c(O)cc(O)cc3CCCCC)c(OC)cc21. The van der Waals surface area contributed by atoms with Crippen molar-refractivity contribution >= 4 is 11.7 Å². The second-order valence-electron chi connectivity index (χ2n) is 7.31. The van der Waals surface area contributed by atoms with Gasteiger partial charge in [-0.15, -0.1) is 0 Å². The van der Waals surface area contributed by atoms with Gasteiger partial charge in [0.25, 0.3) is 0 Å². The van der Waals surface area contributed by atoms with Gasteiger partial charge in [-0.2, -0.15) is 0 Å². The Labute approximate surface area is 176 Å². The number of aryl methyl sites for hydroxylation is 1. The minimum atomic E-state index is -0.446. The van der Waals surface area contributed by atoms with Gasteiger partial charge in [0.2, 0.25) is 0 Å². The summed E-state index contributed by atoms with van der Waals surface area (Å²) < 4.78 is 16.9. The first-order valence-corrected chi connectivity index (χ1v) is 10.4. The number of carbonyl (C=O) groups is 1. The highest BCUT2D eigenvalue weighted by Crippen LogP contribution is 2.44. The molecule has 0 radical (unpaired) electrons. The van der Waals surface area contributed by atoms with E-state index in [1.807, 2.05) is 6.08 Å². The summed E-state index contributed by atoms with van der Waals surface area (Å²) in [5.41, 5.74) is 1.74. The van der Waals surface area contributed by atoms with Gasteiger partial charge in [-0.1, -0.05) is 33.1 Å². The fourth-order valence-electron chi connectivity index (χ4n) is 3.44. The maximum Gasteiger partial charge on any atom is 0.344 e. The van der Waals surface area contributed by atoms with Crippen molar-refractivity contribution in [2.24, 2.45) is 0 Å². The van der Waals surface area contributed by atoms with E-state index in [-0.39, 0.29) is 17.2 Å². The molecule has 0 aromatic heterocycles. The number of phenolic OH excluding ortho intramolecular Hbond substituents is 2. The zero-order valence-electron chi connectivity index (χ0n) is 17.7. The third-order valence-electron chi connectivity index (χ3n) is 5.00. The van der Waals surface area contributed by atoms with Crippen LogP contribution in [-0.4, -0.2) is 23.3 Å². The van der Waals surface area contributed by atoms with Crippen LogP contribution in [0.2, 0.25) is 0 Å². The van der Waals surface area contributed by atoms with Gasteiger partial charge in [-0.3, -0.25) is 0 Å². The van der Waals surface area contributed by atoms with Crippen LogP contribution in [0.5, 0.6) is 28.7 Å². The van der Waals surface area contributed by atoms with Gasteiger partial charge in [0.15, 0.2) is 23.0 Å². The lowest BCUT2D eigenvalue weighted by molar-refractivity contribution is 0.0715. The van der Waals surface area contributed by atoms with E-state index >= 15 is 0 Å². The molecular weight excluding hydrogens is 384 g/mol. The molecule has 1 aliphatic heterocycles. The normalized spacial score (nSPS) is 14.0. The average Bonchev–Trinajstić information content (AvgIpc) is 3.03. The number of allylic oxidation sites excluding steroid dienone is 1. The van der Waals surface area contributed by atoms with Gasteiger partial charge in [0.05, 0.1) is 12.7 Å². The molecule has 6 heteroatoms. The second kappa shape index (κ2) is 9.57. The number of rotatable bonds is 9. The molecule has 30 heavy (non-hydrogen) atoms. The van der Waals surface area contributed by atoms with Crippen molar-refractivity contribution in [2.75, 3.05) is 7.11 Å². The van der Waals surface area contributed by atoms with Crippen LogP contribution >= 0.6 is 0 Å². The summed E-state index contributed by atoms with van der Waals surface area (Å²) in [6, 6.07) is 6.11. The van der Waals surface area contributed by atoms with Gasteiger partial charge < -0.3 is 24.4 Å². The van der Waals surface area contributed by atoms with Crippen LogP contribution < -0.4 is 9.47 Å². The van der Waals surface area contributed by atoms with Crippen molar-refractivity contribution in [3.05, 3.63) is 47.0 Å². The number of esters is 1. The van der Waals surface area contributed by atoms with Crippen LogP contribution in [0, 0.1) is 0 Å². The molecule has 0 spiro atoms. The lowest BCUT2D eigenvalue weighted by Gasteiger charge is -2.16. The fraction of sp³-hybridized carbons (Fsp3) is 0.375. The summed E-state index contributed by atoms with van der Waals surface area (Å²) in [6.07, 6.45) is 7.24. The summed E-state index contributed by atoms with van der Waals surface area (Å²) in [4.78, 5) is 12.4. The molecule has 2 aromatic carbocycles.